The van der Waals surface area contributed by atoms with Crippen molar-refractivity contribution in [3.05, 3.63) is 18.2 Å². The first-order valence-electron chi connectivity index (χ1n) is 9.26. The highest BCUT2D eigenvalue weighted by atomic mass is 79.9. The molecule has 0 aromatic heterocycles. The number of rotatable bonds is 5. The fourth-order valence-corrected chi connectivity index (χ4v) is 7.15. The average Bonchev–Trinajstić information content (AvgIpc) is 2.54. The molecule has 25 heavy (non-hydrogen) atoms. The first-order valence-corrected chi connectivity index (χ1v) is 10.1. The van der Waals surface area contributed by atoms with Crippen molar-refractivity contribution in [1.29, 1.82) is 0 Å². The van der Waals surface area contributed by atoms with Crippen molar-refractivity contribution in [2.24, 2.45) is 17.3 Å². The second-order valence-corrected chi connectivity index (χ2v) is 9.83. The number of halogens is 1. The number of carbonyl (C=O) groups is 1. The topological polar surface area (TPSA) is 47.6 Å². The van der Waals surface area contributed by atoms with Gasteiger partial charge >= 0.3 is 0 Å². The van der Waals surface area contributed by atoms with Gasteiger partial charge in [-0.15, -0.1) is 0 Å². The number of ether oxygens (including phenoxy) is 2. The molecule has 4 aliphatic rings. The molecule has 5 heteroatoms. The Kier molecular flexibility index (Phi) is 4.25. The Hall–Kier alpha value is -1.23. The number of hydrogen-bond donors (Lipinski definition) is 1. The minimum Gasteiger partial charge on any atom is -0.493 e. The van der Waals surface area contributed by atoms with E-state index >= 15 is 0 Å². The van der Waals surface area contributed by atoms with Gasteiger partial charge in [-0.2, -0.15) is 0 Å². The fourth-order valence-electron chi connectivity index (χ4n) is 5.70. The molecule has 4 bridgehead atoms. The van der Waals surface area contributed by atoms with Gasteiger partial charge in [0.1, 0.15) is 0 Å². The van der Waals surface area contributed by atoms with Gasteiger partial charge in [0, 0.05) is 16.1 Å². The van der Waals surface area contributed by atoms with Gasteiger partial charge in [0.2, 0.25) is 5.91 Å². The van der Waals surface area contributed by atoms with Crippen molar-refractivity contribution in [2.45, 2.75) is 49.8 Å². The summed E-state index contributed by atoms with van der Waals surface area (Å²) in [5.74, 6) is 2.93. The zero-order chi connectivity index (χ0) is 17.7. The second kappa shape index (κ2) is 6.19. The van der Waals surface area contributed by atoms with Crippen LogP contribution in [-0.2, 0) is 4.79 Å². The molecule has 5 rings (SSSR count). The molecule has 0 heterocycles. The smallest absolute Gasteiger partial charge is 0.230 e. The first-order chi connectivity index (χ1) is 12.0. The van der Waals surface area contributed by atoms with Gasteiger partial charge in [0.05, 0.1) is 19.1 Å². The van der Waals surface area contributed by atoms with Gasteiger partial charge in [-0.25, -0.2) is 0 Å². The summed E-state index contributed by atoms with van der Waals surface area (Å²) in [6, 6.07) is 5.62. The SMILES string of the molecule is CCOc1ccc(NC(=O)C23C[C@@H]4C[C@@H](CC(Br)(C4)C2)C3)cc1OC. The van der Waals surface area contributed by atoms with E-state index in [1.165, 1.54) is 19.3 Å². The van der Waals surface area contributed by atoms with Crippen molar-refractivity contribution in [2.75, 3.05) is 19.0 Å². The molecule has 1 N–H and O–H groups in total. The van der Waals surface area contributed by atoms with E-state index in [4.69, 9.17) is 9.47 Å². The number of amides is 1. The van der Waals surface area contributed by atoms with Gasteiger partial charge in [-0.3, -0.25) is 4.79 Å². The van der Waals surface area contributed by atoms with E-state index in [1.807, 2.05) is 25.1 Å². The van der Waals surface area contributed by atoms with Gasteiger partial charge in [0.25, 0.3) is 0 Å². The third kappa shape index (κ3) is 3.05. The number of anilines is 1. The van der Waals surface area contributed by atoms with E-state index in [1.54, 1.807) is 7.11 Å². The number of alkyl halides is 1. The first kappa shape index (κ1) is 17.2. The summed E-state index contributed by atoms with van der Waals surface area (Å²) in [6.45, 7) is 2.53. The van der Waals surface area contributed by atoms with E-state index in [9.17, 15) is 4.79 Å². The van der Waals surface area contributed by atoms with Gasteiger partial charge in [-0.05, 0) is 69.4 Å². The lowest BCUT2D eigenvalue weighted by molar-refractivity contribution is -0.138. The predicted molar refractivity (Wildman–Crippen MR) is 102 cm³/mol. The van der Waals surface area contributed by atoms with Crippen LogP contribution >= 0.6 is 15.9 Å². The largest absolute Gasteiger partial charge is 0.493 e. The van der Waals surface area contributed by atoms with E-state index in [2.05, 4.69) is 21.2 Å². The van der Waals surface area contributed by atoms with E-state index in [0.717, 1.165) is 24.9 Å². The van der Waals surface area contributed by atoms with E-state index in [-0.39, 0.29) is 15.6 Å². The Bertz CT molecular complexity index is 676. The molecule has 4 fully saturated rings. The summed E-state index contributed by atoms with van der Waals surface area (Å²) in [6.07, 6.45) is 6.81. The Balaban J connectivity index is 1.54. The Morgan fingerprint density at radius 1 is 1.24 bits per heavy atom. The van der Waals surface area contributed by atoms with Crippen LogP contribution in [0.3, 0.4) is 0 Å². The Morgan fingerprint density at radius 2 is 1.96 bits per heavy atom. The van der Waals surface area contributed by atoms with Crippen molar-refractivity contribution < 1.29 is 14.3 Å². The molecule has 0 aliphatic heterocycles. The highest BCUT2D eigenvalue weighted by Crippen LogP contribution is 2.64. The summed E-state index contributed by atoms with van der Waals surface area (Å²) in [7, 11) is 1.62. The third-order valence-corrected chi connectivity index (χ3v) is 7.12. The van der Waals surface area contributed by atoms with Crippen LogP contribution in [0.2, 0.25) is 0 Å². The maximum absolute atomic E-state index is 13.2. The molecule has 0 radical (unpaired) electrons. The standard InChI is InChI=1S/C20H26BrNO3/c1-3-25-16-5-4-15(7-17(16)24-2)22-18(23)19-8-13-6-14(9-19)11-20(21,10-13)12-19/h4-5,7,13-14H,3,6,8-12H2,1-2H3,(H,22,23)/t13-,14+,19?,20?. The number of nitrogens with one attached hydrogen (secondary N) is 1. The molecule has 4 aliphatic carbocycles. The lowest BCUT2D eigenvalue weighted by atomic mass is 9.49. The van der Waals surface area contributed by atoms with Crippen LogP contribution in [0, 0.1) is 17.3 Å². The molecule has 0 saturated heterocycles. The van der Waals surface area contributed by atoms with Crippen LogP contribution in [0.15, 0.2) is 18.2 Å². The summed E-state index contributed by atoms with van der Waals surface area (Å²) in [5.41, 5.74) is 0.573. The molecule has 2 unspecified atom stereocenters. The van der Waals surface area contributed by atoms with Crippen LogP contribution in [0.25, 0.3) is 0 Å². The maximum Gasteiger partial charge on any atom is 0.230 e. The van der Waals surface area contributed by atoms with Crippen LogP contribution in [0.4, 0.5) is 5.69 Å². The minimum atomic E-state index is -0.209. The zero-order valence-corrected chi connectivity index (χ0v) is 16.5. The molecule has 4 saturated carbocycles. The number of benzene rings is 1. The average molecular weight is 408 g/mol. The highest BCUT2D eigenvalue weighted by molar-refractivity contribution is 9.10. The lowest BCUT2D eigenvalue weighted by Gasteiger charge is -2.59. The van der Waals surface area contributed by atoms with Crippen LogP contribution in [0.1, 0.15) is 45.4 Å². The van der Waals surface area contributed by atoms with Crippen LogP contribution < -0.4 is 14.8 Å². The molecule has 0 spiro atoms. The molecule has 4 nitrogen and oxygen atoms in total. The quantitative estimate of drug-likeness (QED) is 0.715. The van der Waals surface area contributed by atoms with Crippen molar-refractivity contribution in [1.82, 2.24) is 0 Å². The van der Waals surface area contributed by atoms with Crippen LogP contribution in [-0.4, -0.2) is 23.9 Å². The monoisotopic (exact) mass is 407 g/mol. The zero-order valence-electron chi connectivity index (χ0n) is 14.9. The molecule has 1 aromatic carbocycles. The van der Waals surface area contributed by atoms with E-state index < -0.39 is 0 Å². The number of methoxy groups -OCH3 is 1. The van der Waals surface area contributed by atoms with Gasteiger partial charge < -0.3 is 14.8 Å². The number of carbonyl (C=O) groups excluding carboxylic acids is 1. The lowest BCUT2D eigenvalue weighted by Crippen LogP contribution is -2.57. The van der Waals surface area contributed by atoms with Crippen molar-refractivity contribution >= 4 is 27.5 Å². The third-order valence-electron chi connectivity index (χ3n) is 6.19. The van der Waals surface area contributed by atoms with Gasteiger partial charge in [0.15, 0.2) is 11.5 Å². The van der Waals surface area contributed by atoms with Gasteiger partial charge in [-0.1, -0.05) is 15.9 Å². The van der Waals surface area contributed by atoms with Crippen molar-refractivity contribution in [3.63, 3.8) is 0 Å². The molecule has 136 valence electrons. The second-order valence-electron chi connectivity index (χ2n) is 8.15. The van der Waals surface area contributed by atoms with Crippen molar-refractivity contribution in [3.8, 4) is 11.5 Å². The predicted octanol–water partition coefficient (Wildman–Crippen LogP) is 4.77. The molecular formula is C20H26BrNO3. The maximum atomic E-state index is 13.2. The van der Waals surface area contributed by atoms with E-state index in [0.29, 0.717) is 29.9 Å². The normalized spacial score (nSPS) is 35.5. The Morgan fingerprint density at radius 3 is 2.56 bits per heavy atom. The fraction of sp³-hybridized carbons (Fsp3) is 0.650. The molecular weight excluding hydrogens is 382 g/mol. The molecule has 1 amide bonds. The summed E-state index contributed by atoms with van der Waals surface area (Å²) in [4.78, 5) is 13.2. The summed E-state index contributed by atoms with van der Waals surface area (Å²) < 4.78 is 11.1. The molecule has 1 aromatic rings. The summed E-state index contributed by atoms with van der Waals surface area (Å²) >= 11 is 3.98. The Labute approximate surface area is 157 Å². The summed E-state index contributed by atoms with van der Waals surface area (Å²) in [5, 5.41) is 3.16. The highest BCUT2D eigenvalue weighted by Gasteiger charge is 2.59. The van der Waals surface area contributed by atoms with Crippen LogP contribution in [0.5, 0.6) is 11.5 Å². The number of hydrogen-bond acceptors (Lipinski definition) is 3. The molecule has 4 atom stereocenters. The minimum absolute atomic E-state index is 0.177.